The number of hydrogen-bond donors (Lipinski definition) is 1. The Balaban J connectivity index is 2.36. The lowest BCUT2D eigenvalue weighted by molar-refractivity contribution is -0.122. The first-order chi connectivity index (χ1) is 8.50. The van der Waals surface area contributed by atoms with Gasteiger partial charge in [0.1, 0.15) is 6.61 Å². The minimum absolute atomic E-state index is 0.0665. The fraction of sp³-hybridized carbons (Fsp3) is 0.385. The van der Waals surface area contributed by atoms with Crippen molar-refractivity contribution in [2.24, 2.45) is 11.7 Å². The molecule has 1 radical (unpaired) electrons. The monoisotopic (exact) mass is 249 g/mol. The molecule has 1 rings (SSSR count). The molecule has 0 aliphatic carbocycles. The maximum Gasteiger partial charge on any atom is 0.437 e. The van der Waals surface area contributed by atoms with Crippen molar-refractivity contribution in [2.45, 2.75) is 26.5 Å². The average Bonchev–Trinajstić information content (AvgIpc) is 2.36. The van der Waals surface area contributed by atoms with E-state index < -0.39 is 18.0 Å². The Hall–Kier alpha value is -1.88. The van der Waals surface area contributed by atoms with Gasteiger partial charge in [-0.1, -0.05) is 44.2 Å². The minimum atomic E-state index is -0.903. The number of nitrogens with zero attached hydrogens (tertiary/aromatic N) is 1. The summed E-state index contributed by atoms with van der Waals surface area (Å²) >= 11 is 0. The molecule has 0 aromatic heterocycles. The van der Waals surface area contributed by atoms with Crippen LogP contribution in [0.15, 0.2) is 30.3 Å². The van der Waals surface area contributed by atoms with E-state index in [0.29, 0.717) is 0 Å². The summed E-state index contributed by atoms with van der Waals surface area (Å²) in [5.41, 5.74) is 6.40. The zero-order valence-corrected chi connectivity index (χ0v) is 10.5. The molecule has 2 amide bonds. The predicted octanol–water partition coefficient (Wildman–Crippen LogP) is 1.44. The quantitative estimate of drug-likeness (QED) is 0.875. The van der Waals surface area contributed by atoms with Crippen LogP contribution in [0.4, 0.5) is 4.79 Å². The van der Waals surface area contributed by atoms with Gasteiger partial charge in [-0.05, 0) is 11.5 Å². The Morgan fingerprint density at radius 1 is 1.28 bits per heavy atom. The molecule has 0 aliphatic rings. The number of carbonyl (C=O) groups excluding carboxylic acids is 2. The maximum absolute atomic E-state index is 11.4. The van der Waals surface area contributed by atoms with E-state index in [4.69, 9.17) is 10.5 Å². The largest absolute Gasteiger partial charge is 0.443 e. The molecule has 0 spiro atoms. The predicted molar refractivity (Wildman–Crippen MR) is 66.6 cm³/mol. The van der Waals surface area contributed by atoms with E-state index in [-0.39, 0.29) is 12.5 Å². The van der Waals surface area contributed by atoms with E-state index in [9.17, 15) is 9.59 Å². The number of ether oxygens (including phenoxy) is 1. The van der Waals surface area contributed by atoms with Crippen LogP contribution in [0.1, 0.15) is 19.4 Å². The molecule has 0 saturated heterocycles. The molecule has 97 valence electrons. The van der Waals surface area contributed by atoms with E-state index in [2.05, 4.69) is 5.32 Å². The van der Waals surface area contributed by atoms with Gasteiger partial charge in [-0.15, -0.1) is 5.32 Å². The Morgan fingerprint density at radius 3 is 2.44 bits per heavy atom. The summed E-state index contributed by atoms with van der Waals surface area (Å²) in [5, 5.41) is 3.29. The van der Waals surface area contributed by atoms with Crippen molar-refractivity contribution in [3.63, 3.8) is 0 Å². The van der Waals surface area contributed by atoms with Crippen LogP contribution in [0.2, 0.25) is 0 Å². The van der Waals surface area contributed by atoms with Gasteiger partial charge in [0.15, 0.2) is 0 Å². The zero-order chi connectivity index (χ0) is 13.5. The van der Waals surface area contributed by atoms with E-state index in [1.54, 1.807) is 13.8 Å². The highest BCUT2D eigenvalue weighted by Gasteiger charge is 2.21. The summed E-state index contributed by atoms with van der Waals surface area (Å²) in [6, 6.07) is 8.39. The molecule has 1 atom stereocenters. The van der Waals surface area contributed by atoms with E-state index in [1.165, 1.54) is 0 Å². The number of benzene rings is 1. The normalized spacial score (nSPS) is 12.0. The van der Waals surface area contributed by atoms with Crippen LogP contribution in [0.25, 0.3) is 0 Å². The second-order valence-corrected chi connectivity index (χ2v) is 4.26. The van der Waals surface area contributed by atoms with Gasteiger partial charge in [0, 0.05) is 0 Å². The van der Waals surface area contributed by atoms with Gasteiger partial charge < -0.3 is 10.5 Å². The summed E-state index contributed by atoms with van der Waals surface area (Å²) in [5.74, 6) is -0.716. The molecule has 0 heterocycles. The summed E-state index contributed by atoms with van der Waals surface area (Å²) in [6.45, 7) is 3.66. The minimum Gasteiger partial charge on any atom is -0.443 e. The number of carbonyl (C=O) groups is 2. The lowest BCUT2D eigenvalue weighted by atomic mass is 10.1. The molecule has 0 saturated carbocycles. The van der Waals surface area contributed by atoms with Gasteiger partial charge in [0.2, 0.25) is 0 Å². The third kappa shape index (κ3) is 4.55. The summed E-state index contributed by atoms with van der Waals surface area (Å²) < 4.78 is 4.85. The molecule has 18 heavy (non-hydrogen) atoms. The van der Waals surface area contributed by atoms with Crippen LogP contribution >= 0.6 is 0 Å². The second kappa shape index (κ2) is 6.76. The number of nitrogens with two attached hydrogens (primary N) is 1. The zero-order valence-electron chi connectivity index (χ0n) is 10.5. The van der Waals surface area contributed by atoms with Gasteiger partial charge in [-0.3, -0.25) is 4.79 Å². The van der Waals surface area contributed by atoms with Crippen molar-refractivity contribution in [3.8, 4) is 0 Å². The molecule has 1 aromatic rings. The van der Waals surface area contributed by atoms with Crippen LogP contribution in [-0.2, 0) is 16.1 Å². The third-order valence-corrected chi connectivity index (χ3v) is 2.41. The maximum atomic E-state index is 11.4. The Kier molecular flexibility index (Phi) is 5.32. The highest BCUT2D eigenvalue weighted by Crippen LogP contribution is 2.02. The third-order valence-electron chi connectivity index (χ3n) is 2.41. The fourth-order valence-corrected chi connectivity index (χ4v) is 1.20. The van der Waals surface area contributed by atoms with Gasteiger partial charge >= 0.3 is 6.09 Å². The van der Waals surface area contributed by atoms with Crippen LogP contribution in [0.3, 0.4) is 0 Å². The molecule has 1 aromatic carbocycles. The first-order valence-corrected chi connectivity index (χ1v) is 5.72. The molecule has 0 fully saturated rings. The lowest BCUT2D eigenvalue weighted by Gasteiger charge is -2.12. The SMILES string of the molecule is CC(C)[C@H](N)C(=O)[N]C(=O)OCc1ccccc1. The highest BCUT2D eigenvalue weighted by molar-refractivity contribution is 5.94. The van der Waals surface area contributed by atoms with Crippen molar-refractivity contribution in [3.05, 3.63) is 35.9 Å². The van der Waals surface area contributed by atoms with Gasteiger partial charge in [-0.2, -0.15) is 0 Å². The van der Waals surface area contributed by atoms with Crippen molar-refractivity contribution in [2.75, 3.05) is 0 Å². The number of rotatable bonds is 4. The summed E-state index contributed by atoms with van der Waals surface area (Å²) in [7, 11) is 0. The Morgan fingerprint density at radius 2 is 1.89 bits per heavy atom. The van der Waals surface area contributed by atoms with E-state index >= 15 is 0 Å². The molecule has 0 bridgehead atoms. The van der Waals surface area contributed by atoms with E-state index in [1.807, 2.05) is 30.3 Å². The number of amides is 2. The van der Waals surface area contributed by atoms with Gasteiger partial charge in [0.25, 0.3) is 5.91 Å². The molecule has 2 N–H and O–H groups in total. The van der Waals surface area contributed by atoms with Gasteiger partial charge in [-0.25, -0.2) is 4.79 Å². The van der Waals surface area contributed by atoms with Crippen LogP contribution < -0.4 is 11.1 Å². The lowest BCUT2D eigenvalue weighted by Crippen LogP contribution is -2.42. The molecular formula is C13H17N2O3. The molecule has 5 nitrogen and oxygen atoms in total. The van der Waals surface area contributed by atoms with Crippen molar-refractivity contribution in [1.82, 2.24) is 5.32 Å². The Bertz CT molecular complexity index is 404. The number of imide groups is 1. The Labute approximate surface area is 106 Å². The van der Waals surface area contributed by atoms with E-state index in [0.717, 1.165) is 5.56 Å². The topological polar surface area (TPSA) is 83.5 Å². The molecular weight excluding hydrogens is 232 g/mol. The molecule has 0 aliphatic heterocycles. The average molecular weight is 249 g/mol. The standard InChI is InChI=1S/C13H17N2O3/c1-9(2)11(14)12(16)15-13(17)18-8-10-6-4-3-5-7-10/h3-7,9,11H,8,14H2,1-2H3/t11-/m0/s1. The number of hydrogen-bond acceptors (Lipinski definition) is 4. The first-order valence-electron chi connectivity index (χ1n) is 5.72. The summed E-state index contributed by atoms with van der Waals surface area (Å²) in [6.07, 6.45) is -0.903. The summed E-state index contributed by atoms with van der Waals surface area (Å²) in [4.78, 5) is 22.7. The second-order valence-electron chi connectivity index (χ2n) is 4.26. The van der Waals surface area contributed by atoms with Gasteiger partial charge in [0.05, 0.1) is 6.04 Å². The molecule has 0 unspecified atom stereocenters. The smallest absolute Gasteiger partial charge is 0.437 e. The first kappa shape index (κ1) is 14.2. The van der Waals surface area contributed by atoms with Crippen molar-refractivity contribution >= 4 is 12.0 Å². The van der Waals surface area contributed by atoms with Crippen LogP contribution in [0, 0.1) is 5.92 Å². The van der Waals surface area contributed by atoms with Crippen molar-refractivity contribution in [1.29, 1.82) is 0 Å². The van der Waals surface area contributed by atoms with Crippen LogP contribution in [-0.4, -0.2) is 18.0 Å². The molecule has 5 heteroatoms. The van der Waals surface area contributed by atoms with Crippen LogP contribution in [0.5, 0.6) is 0 Å². The highest BCUT2D eigenvalue weighted by atomic mass is 16.5. The fourth-order valence-electron chi connectivity index (χ4n) is 1.20. The van der Waals surface area contributed by atoms with Crippen molar-refractivity contribution < 1.29 is 14.3 Å².